The first-order valence-electron chi connectivity index (χ1n) is 13.3. The van der Waals surface area contributed by atoms with Gasteiger partial charge in [-0.1, -0.05) is 0 Å². The van der Waals surface area contributed by atoms with E-state index in [1.807, 2.05) is 23.6 Å². The lowest BCUT2D eigenvalue weighted by atomic mass is 9.49. The molecule has 2 aliphatic heterocycles. The quantitative estimate of drug-likeness (QED) is 0.685. The first-order valence-corrected chi connectivity index (χ1v) is 13.3. The predicted molar refractivity (Wildman–Crippen MR) is 124 cm³/mol. The molecule has 0 aromatic heterocycles. The van der Waals surface area contributed by atoms with Gasteiger partial charge in [0.1, 0.15) is 0 Å². The number of piperidine rings is 1. The maximum atomic E-state index is 13.1. The van der Waals surface area contributed by atoms with Gasteiger partial charge >= 0.3 is 0 Å². The van der Waals surface area contributed by atoms with Crippen molar-refractivity contribution in [2.24, 2.45) is 29.1 Å². The Morgan fingerprint density at radius 2 is 1.42 bits per heavy atom. The first kappa shape index (κ1) is 23.1. The van der Waals surface area contributed by atoms with Crippen molar-refractivity contribution in [1.82, 2.24) is 15.1 Å². The fourth-order valence-corrected chi connectivity index (χ4v) is 8.01. The average Bonchev–Trinajstić information content (AvgIpc) is 2.77. The number of carbonyl (C=O) groups is 3. The van der Waals surface area contributed by atoms with E-state index in [1.165, 1.54) is 19.3 Å². The number of hydrogen-bond donors (Lipinski definition) is 1. The van der Waals surface area contributed by atoms with E-state index < -0.39 is 0 Å². The van der Waals surface area contributed by atoms with E-state index >= 15 is 0 Å². The second-order valence-corrected chi connectivity index (χ2v) is 11.9. The van der Waals surface area contributed by atoms with Gasteiger partial charge in [0.05, 0.1) is 12.2 Å². The van der Waals surface area contributed by atoms with Crippen molar-refractivity contribution in [3.63, 3.8) is 0 Å². The molecule has 0 radical (unpaired) electrons. The zero-order valence-corrected chi connectivity index (χ0v) is 20.4. The van der Waals surface area contributed by atoms with Crippen LogP contribution >= 0.6 is 0 Å². The van der Waals surface area contributed by atoms with Gasteiger partial charge in [-0.2, -0.15) is 0 Å². The summed E-state index contributed by atoms with van der Waals surface area (Å²) in [5, 5.41) is 3.13. The van der Waals surface area contributed by atoms with Crippen molar-refractivity contribution >= 4 is 17.7 Å². The second-order valence-electron chi connectivity index (χ2n) is 11.9. The second kappa shape index (κ2) is 9.20. The molecule has 6 aliphatic rings. The molecule has 7 heteroatoms. The highest BCUT2D eigenvalue weighted by atomic mass is 16.5. The van der Waals surface area contributed by atoms with Crippen LogP contribution in [0, 0.1) is 29.1 Å². The summed E-state index contributed by atoms with van der Waals surface area (Å²) in [5.41, 5.74) is -0.148. The van der Waals surface area contributed by atoms with E-state index in [0.29, 0.717) is 39.1 Å². The van der Waals surface area contributed by atoms with Gasteiger partial charge in [-0.25, -0.2) is 0 Å². The van der Waals surface area contributed by atoms with E-state index in [1.54, 1.807) is 0 Å². The molecule has 7 nitrogen and oxygen atoms in total. The van der Waals surface area contributed by atoms with E-state index in [4.69, 9.17) is 4.74 Å². The summed E-state index contributed by atoms with van der Waals surface area (Å²) in [4.78, 5) is 42.6. The van der Waals surface area contributed by atoms with E-state index in [2.05, 4.69) is 5.32 Å². The van der Waals surface area contributed by atoms with Gasteiger partial charge in [0.25, 0.3) is 0 Å². The number of nitrogens with one attached hydrogen (secondary N) is 1. The lowest BCUT2D eigenvalue weighted by Gasteiger charge is -2.55. The minimum atomic E-state index is -0.148. The molecule has 184 valence electrons. The highest BCUT2D eigenvalue weighted by Crippen LogP contribution is 2.60. The Morgan fingerprint density at radius 1 is 0.879 bits per heavy atom. The zero-order valence-electron chi connectivity index (χ0n) is 20.4. The maximum Gasteiger partial charge on any atom is 0.226 e. The van der Waals surface area contributed by atoms with Crippen LogP contribution in [-0.4, -0.2) is 72.5 Å². The number of carbonyl (C=O) groups excluding carboxylic acids is 3. The van der Waals surface area contributed by atoms with Gasteiger partial charge in [-0.15, -0.1) is 0 Å². The standard InChI is InChI=1S/C26H41N3O4/c1-17-15-29(16-18(2)33-17)24(31)22-4-7-28(8-5-22)23(30)3-6-27-25(32)26-12-19-9-20(13-26)11-21(10-19)14-26/h17-22H,3-16H2,1-2H3,(H,27,32)/t17-,18-,19?,20?,21?,26?/m1/s1. The molecule has 0 spiro atoms. The lowest BCUT2D eigenvalue weighted by Crippen LogP contribution is -2.54. The van der Waals surface area contributed by atoms with Crippen LogP contribution in [0.15, 0.2) is 0 Å². The van der Waals surface area contributed by atoms with Gasteiger partial charge in [-0.05, 0) is 83.0 Å². The molecule has 2 heterocycles. The molecule has 6 rings (SSSR count). The number of rotatable bonds is 5. The maximum absolute atomic E-state index is 13.1. The Labute approximate surface area is 198 Å². The van der Waals surface area contributed by atoms with Crippen molar-refractivity contribution in [3.05, 3.63) is 0 Å². The van der Waals surface area contributed by atoms with Gasteiger partial charge in [0.2, 0.25) is 17.7 Å². The third kappa shape index (κ3) is 4.80. The van der Waals surface area contributed by atoms with Crippen molar-refractivity contribution in [3.8, 4) is 0 Å². The van der Waals surface area contributed by atoms with Crippen LogP contribution in [0.2, 0.25) is 0 Å². The number of nitrogens with zero attached hydrogens (tertiary/aromatic N) is 2. The Morgan fingerprint density at radius 3 is 1.97 bits per heavy atom. The molecule has 1 N–H and O–H groups in total. The zero-order chi connectivity index (χ0) is 23.2. The van der Waals surface area contributed by atoms with Crippen LogP contribution in [0.5, 0.6) is 0 Å². The lowest BCUT2D eigenvalue weighted by molar-refractivity contribution is -0.150. The summed E-state index contributed by atoms with van der Waals surface area (Å²) in [6.07, 6.45) is 9.11. The third-order valence-electron chi connectivity index (χ3n) is 9.07. The van der Waals surface area contributed by atoms with Crippen LogP contribution in [-0.2, 0) is 19.1 Å². The van der Waals surface area contributed by atoms with Crippen LogP contribution in [0.4, 0.5) is 0 Å². The van der Waals surface area contributed by atoms with Crippen LogP contribution in [0.3, 0.4) is 0 Å². The highest BCUT2D eigenvalue weighted by molar-refractivity contribution is 5.84. The molecule has 2 saturated heterocycles. The molecule has 0 unspecified atom stereocenters. The minimum absolute atomic E-state index is 0.00216. The van der Waals surface area contributed by atoms with Crippen LogP contribution in [0.1, 0.15) is 71.6 Å². The van der Waals surface area contributed by atoms with Crippen molar-refractivity contribution in [2.45, 2.75) is 83.8 Å². The van der Waals surface area contributed by atoms with E-state index in [0.717, 1.165) is 49.9 Å². The number of likely N-dealkylation sites (tertiary alicyclic amines) is 1. The first-order chi connectivity index (χ1) is 15.8. The molecule has 0 aromatic carbocycles. The molecule has 6 fully saturated rings. The largest absolute Gasteiger partial charge is 0.372 e. The van der Waals surface area contributed by atoms with Crippen molar-refractivity contribution < 1.29 is 19.1 Å². The van der Waals surface area contributed by atoms with Gasteiger partial charge in [0, 0.05) is 50.5 Å². The Kier molecular flexibility index (Phi) is 6.45. The summed E-state index contributed by atoms with van der Waals surface area (Å²) < 4.78 is 5.75. The third-order valence-corrected chi connectivity index (χ3v) is 9.07. The molecule has 0 aromatic rings. The average molecular weight is 460 g/mol. The molecule has 33 heavy (non-hydrogen) atoms. The number of hydrogen-bond acceptors (Lipinski definition) is 4. The molecular weight excluding hydrogens is 418 g/mol. The summed E-state index contributed by atoms with van der Waals surface area (Å²) in [5.74, 6) is 2.76. The Hall–Kier alpha value is -1.63. The topological polar surface area (TPSA) is 79.0 Å². The SMILES string of the molecule is C[C@@H]1CN(C(=O)C2CCN(C(=O)CCNC(=O)C34CC5CC(CC(C5)C3)C4)CC2)C[C@@H](C)O1. The minimum Gasteiger partial charge on any atom is -0.372 e. The predicted octanol–water partition coefficient (Wildman–Crippen LogP) is 2.58. The fourth-order valence-electron chi connectivity index (χ4n) is 8.01. The summed E-state index contributed by atoms with van der Waals surface area (Å²) in [6.45, 7) is 7.04. The summed E-state index contributed by atoms with van der Waals surface area (Å²) >= 11 is 0. The molecule has 2 atom stereocenters. The summed E-state index contributed by atoms with van der Waals surface area (Å²) in [6, 6.07) is 0. The van der Waals surface area contributed by atoms with Gasteiger partial charge in [0.15, 0.2) is 0 Å². The fraction of sp³-hybridized carbons (Fsp3) is 0.885. The van der Waals surface area contributed by atoms with E-state index in [-0.39, 0.29) is 41.3 Å². The van der Waals surface area contributed by atoms with Gasteiger partial charge in [-0.3, -0.25) is 14.4 Å². The molecule has 4 aliphatic carbocycles. The van der Waals surface area contributed by atoms with Crippen LogP contribution in [0.25, 0.3) is 0 Å². The number of amides is 3. The highest BCUT2D eigenvalue weighted by Gasteiger charge is 2.54. The van der Waals surface area contributed by atoms with Crippen molar-refractivity contribution in [2.75, 3.05) is 32.7 Å². The van der Waals surface area contributed by atoms with Crippen LogP contribution < -0.4 is 5.32 Å². The smallest absolute Gasteiger partial charge is 0.226 e. The molecule has 4 bridgehead atoms. The molecular formula is C26H41N3O4. The Bertz CT molecular complexity index is 730. The molecule has 3 amide bonds. The molecule has 4 saturated carbocycles. The number of ether oxygens (including phenoxy) is 1. The number of morpholine rings is 1. The van der Waals surface area contributed by atoms with Gasteiger partial charge < -0.3 is 19.9 Å². The van der Waals surface area contributed by atoms with Crippen molar-refractivity contribution in [1.29, 1.82) is 0 Å². The Balaban J connectivity index is 1.04. The normalized spacial score (nSPS) is 38.4. The summed E-state index contributed by atoms with van der Waals surface area (Å²) in [7, 11) is 0. The monoisotopic (exact) mass is 459 g/mol. The van der Waals surface area contributed by atoms with E-state index in [9.17, 15) is 14.4 Å².